The number of nitrogens with zero attached hydrogens (tertiary/aromatic N) is 2. The highest BCUT2D eigenvalue weighted by Gasteiger charge is 2.56. The molecule has 10 heteroatoms. The Morgan fingerprint density at radius 1 is 1.25 bits per heavy atom. The lowest BCUT2D eigenvalue weighted by Gasteiger charge is -2.28. The molecule has 3 aliphatic heterocycles. The van der Waals surface area contributed by atoms with E-state index in [9.17, 15) is 19.2 Å². The average Bonchev–Trinajstić information content (AvgIpc) is 3.36. The Balaban J connectivity index is 1.24. The first-order valence-electron chi connectivity index (χ1n) is 12.8. The van der Waals surface area contributed by atoms with E-state index in [0.29, 0.717) is 44.0 Å². The molecule has 4 aliphatic rings. The van der Waals surface area contributed by atoms with Crippen LogP contribution < -0.4 is 10.6 Å². The van der Waals surface area contributed by atoms with Crippen molar-refractivity contribution in [1.29, 1.82) is 0 Å². The van der Waals surface area contributed by atoms with Crippen molar-refractivity contribution in [3.63, 3.8) is 0 Å². The fourth-order valence-electron chi connectivity index (χ4n) is 5.80. The third-order valence-electron chi connectivity index (χ3n) is 8.08. The van der Waals surface area contributed by atoms with Crippen LogP contribution in [0.25, 0.3) is 10.2 Å². The Hall–Kier alpha value is -2.85. The van der Waals surface area contributed by atoms with E-state index < -0.39 is 18.2 Å². The molecule has 3 saturated heterocycles. The number of amides is 3. The molecule has 1 aromatic heterocycles. The number of benzene rings is 1. The van der Waals surface area contributed by atoms with Crippen LogP contribution in [0.2, 0.25) is 0 Å². The summed E-state index contributed by atoms with van der Waals surface area (Å²) in [5.41, 5.74) is 0.739. The van der Waals surface area contributed by atoms with E-state index in [1.165, 1.54) is 11.3 Å². The number of ether oxygens (including phenoxy) is 1. The molecule has 9 nitrogen and oxygen atoms in total. The molecule has 4 heterocycles. The van der Waals surface area contributed by atoms with Gasteiger partial charge in [-0.2, -0.15) is 0 Å². The van der Waals surface area contributed by atoms with Gasteiger partial charge >= 0.3 is 0 Å². The SMILES string of the molecule is O=C(N[C@H](C[C@@H]1CCNC1=O)C(=O)c1nc2ccccc2s1)C1CC2(CC2)CN1C(=O)[C@H]1CCCO1. The molecule has 4 fully saturated rings. The normalized spacial score (nSPS) is 27.4. The van der Waals surface area contributed by atoms with Gasteiger partial charge in [-0.1, -0.05) is 12.1 Å². The number of rotatable bonds is 7. The number of fused-ring (bicyclic) bond motifs is 1. The number of carbonyl (C=O) groups is 4. The summed E-state index contributed by atoms with van der Waals surface area (Å²) in [5.74, 6) is -1.19. The van der Waals surface area contributed by atoms with Crippen molar-refractivity contribution in [2.24, 2.45) is 11.3 Å². The fraction of sp³-hybridized carbons (Fsp3) is 0.577. The zero-order valence-corrected chi connectivity index (χ0v) is 20.9. The van der Waals surface area contributed by atoms with E-state index in [4.69, 9.17) is 4.74 Å². The van der Waals surface area contributed by atoms with E-state index in [0.717, 1.165) is 29.5 Å². The van der Waals surface area contributed by atoms with Crippen LogP contribution in [0.3, 0.4) is 0 Å². The Kier molecular flexibility index (Phi) is 6.03. The molecule has 1 spiro atoms. The van der Waals surface area contributed by atoms with Gasteiger partial charge < -0.3 is 20.3 Å². The number of aromatic nitrogens is 1. The van der Waals surface area contributed by atoms with Crippen LogP contribution in [0, 0.1) is 11.3 Å². The van der Waals surface area contributed by atoms with Gasteiger partial charge in [0.25, 0.3) is 5.91 Å². The number of nitrogens with one attached hydrogen (secondary N) is 2. The molecular weight excluding hydrogens is 480 g/mol. The van der Waals surface area contributed by atoms with E-state index in [1.54, 1.807) is 4.90 Å². The lowest BCUT2D eigenvalue weighted by Crippen LogP contribution is -2.53. The van der Waals surface area contributed by atoms with E-state index in [2.05, 4.69) is 15.6 Å². The number of para-hydroxylation sites is 1. The summed E-state index contributed by atoms with van der Waals surface area (Å²) in [7, 11) is 0. The molecule has 36 heavy (non-hydrogen) atoms. The fourth-order valence-corrected chi connectivity index (χ4v) is 6.76. The Morgan fingerprint density at radius 2 is 2.08 bits per heavy atom. The highest BCUT2D eigenvalue weighted by atomic mass is 32.1. The Bertz CT molecular complexity index is 1180. The first kappa shape index (κ1) is 23.5. The zero-order valence-electron chi connectivity index (χ0n) is 20.0. The van der Waals surface area contributed by atoms with Gasteiger partial charge in [-0.05, 0) is 62.5 Å². The van der Waals surface area contributed by atoms with Crippen molar-refractivity contribution in [3.05, 3.63) is 29.3 Å². The summed E-state index contributed by atoms with van der Waals surface area (Å²) in [6.07, 6.45) is 4.46. The summed E-state index contributed by atoms with van der Waals surface area (Å²) in [4.78, 5) is 59.0. The quantitative estimate of drug-likeness (QED) is 0.551. The summed E-state index contributed by atoms with van der Waals surface area (Å²) in [6, 6.07) is 6.00. The van der Waals surface area contributed by atoms with Gasteiger partial charge in [0.2, 0.25) is 17.6 Å². The largest absolute Gasteiger partial charge is 0.368 e. The predicted octanol–water partition coefficient (Wildman–Crippen LogP) is 2.05. The lowest BCUT2D eigenvalue weighted by molar-refractivity contribution is -0.146. The minimum absolute atomic E-state index is 0.00808. The van der Waals surface area contributed by atoms with E-state index in [-0.39, 0.29) is 41.3 Å². The van der Waals surface area contributed by atoms with Crippen molar-refractivity contribution in [2.45, 2.75) is 63.1 Å². The smallest absolute Gasteiger partial charge is 0.252 e. The monoisotopic (exact) mass is 510 g/mol. The molecule has 4 atom stereocenters. The van der Waals surface area contributed by atoms with Gasteiger partial charge in [0.05, 0.1) is 16.3 Å². The van der Waals surface area contributed by atoms with Crippen molar-refractivity contribution in [1.82, 2.24) is 20.5 Å². The van der Waals surface area contributed by atoms with Crippen LogP contribution in [0.15, 0.2) is 24.3 Å². The third kappa shape index (κ3) is 4.41. The summed E-state index contributed by atoms with van der Waals surface area (Å²) >= 11 is 1.29. The van der Waals surface area contributed by atoms with E-state index >= 15 is 0 Å². The summed E-state index contributed by atoms with van der Waals surface area (Å²) in [5, 5.41) is 6.08. The van der Waals surface area contributed by atoms with Crippen LogP contribution in [-0.2, 0) is 19.1 Å². The molecule has 6 rings (SSSR count). The Morgan fingerprint density at radius 3 is 2.78 bits per heavy atom. The number of Topliss-reactive ketones (excluding diaryl/α,β-unsaturated/α-hetero) is 1. The van der Waals surface area contributed by atoms with Crippen LogP contribution in [0.4, 0.5) is 0 Å². The molecule has 0 radical (unpaired) electrons. The zero-order chi connectivity index (χ0) is 24.9. The van der Waals surface area contributed by atoms with Crippen LogP contribution >= 0.6 is 11.3 Å². The maximum Gasteiger partial charge on any atom is 0.252 e. The van der Waals surface area contributed by atoms with Crippen LogP contribution in [0.5, 0.6) is 0 Å². The highest BCUT2D eigenvalue weighted by molar-refractivity contribution is 7.20. The predicted molar refractivity (Wildman–Crippen MR) is 132 cm³/mol. The molecule has 1 saturated carbocycles. The first-order chi connectivity index (χ1) is 17.4. The van der Waals surface area contributed by atoms with Gasteiger partial charge in [0.1, 0.15) is 12.1 Å². The standard InChI is InChI=1S/C26H30N4O5S/c31-21(24-29-16-4-1-2-6-20(16)36-24)17(12-15-7-10-27-22(15)32)28-23(33)18-13-26(8-9-26)14-30(18)25(34)19-5-3-11-35-19/h1-2,4,6,15,17-19H,3,5,7-14H2,(H,27,32)(H,28,33)/t15-,17+,18?,19+/m0/s1. The maximum atomic E-state index is 13.6. The average molecular weight is 511 g/mol. The number of hydrogen-bond acceptors (Lipinski definition) is 7. The highest BCUT2D eigenvalue weighted by Crippen LogP contribution is 2.55. The van der Waals surface area contributed by atoms with Gasteiger partial charge in [0.15, 0.2) is 5.01 Å². The number of carbonyl (C=O) groups excluding carboxylic acids is 4. The summed E-state index contributed by atoms with van der Waals surface area (Å²) < 4.78 is 6.51. The van der Waals surface area contributed by atoms with Gasteiger partial charge in [-0.25, -0.2) is 4.98 Å². The van der Waals surface area contributed by atoms with Crippen molar-refractivity contribution in [3.8, 4) is 0 Å². The van der Waals surface area contributed by atoms with Crippen molar-refractivity contribution >= 4 is 45.1 Å². The number of thiazole rings is 1. The molecular formula is C26H30N4O5S. The van der Waals surface area contributed by atoms with Crippen molar-refractivity contribution in [2.75, 3.05) is 19.7 Å². The topological polar surface area (TPSA) is 118 Å². The Labute approximate surface area is 213 Å². The number of likely N-dealkylation sites (tertiary alicyclic amines) is 1. The van der Waals surface area contributed by atoms with E-state index in [1.807, 2.05) is 24.3 Å². The molecule has 0 bridgehead atoms. The first-order valence-corrected chi connectivity index (χ1v) is 13.6. The number of hydrogen-bond donors (Lipinski definition) is 2. The molecule has 3 amide bonds. The van der Waals surface area contributed by atoms with Gasteiger partial charge in [0, 0.05) is 25.6 Å². The van der Waals surface area contributed by atoms with Crippen molar-refractivity contribution < 1.29 is 23.9 Å². The minimum atomic E-state index is -0.887. The lowest BCUT2D eigenvalue weighted by atomic mass is 9.95. The molecule has 2 N–H and O–H groups in total. The van der Waals surface area contributed by atoms with Crippen LogP contribution in [-0.4, -0.2) is 71.3 Å². The third-order valence-corrected chi connectivity index (χ3v) is 9.13. The molecule has 1 aromatic carbocycles. The summed E-state index contributed by atoms with van der Waals surface area (Å²) in [6.45, 7) is 1.69. The van der Waals surface area contributed by atoms with Crippen LogP contribution in [0.1, 0.15) is 54.7 Å². The second-order valence-electron chi connectivity index (χ2n) is 10.6. The van der Waals surface area contributed by atoms with Gasteiger partial charge in [-0.15, -0.1) is 11.3 Å². The molecule has 190 valence electrons. The maximum absolute atomic E-state index is 13.6. The molecule has 1 aliphatic carbocycles. The molecule has 1 unspecified atom stereocenters. The minimum Gasteiger partial charge on any atom is -0.368 e. The molecule has 2 aromatic rings. The second-order valence-corrected chi connectivity index (χ2v) is 11.6. The van der Waals surface area contributed by atoms with Gasteiger partial charge in [-0.3, -0.25) is 19.2 Å². The second kappa shape index (κ2) is 9.23. The number of ketones is 1.